The van der Waals surface area contributed by atoms with Crippen LogP contribution in [0.5, 0.6) is 0 Å². The van der Waals surface area contributed by atoms with E-state index in [1.54, 1.807) is 25.4 Å². The number of carbonyl (C=O) groups excluding carboxylic acids is 2. The van der Waals surface area contributed by atoms with Crippen LogP contribution in [0.2, 0.25) is 0 Å². The number of nitrogens with zero attached hydrogens (tertiary/aromatic N) is 2. The van der Waals surface area contributed by atoms with E-state index in [4.69, 9.17) is 0 Å². The van der Waals surface area contributed by atoms with E-state index in [9.17, 15) is 9.59 Å². The highest BCUT2D eigenvalue weighted by Crippen LogP contribution is 2.13. The SMILES string of the molecule is CNC(=O)c1cc(N(C)CCC(=O)OC)ccn1. The molecule has 0 aliphatic heterocycles. The minimum absolute atomic E-state index is 0.238. The maximum atomic E-state index is 11.4. The number of anilines is 1. The van der Waals surface area contributed by atoms with Gasteiger partial charge < -0.3 is 15.0 Å². The van der Waals surface area contributed by atoms with Gasteiger partial charge in [0.2, 0.25) is 0 Å². The average Bonchev–Trinajstić information content (AvgIpc) is 2.43. The molecule has 6 nitrogen and oxygen atoms in total. The van der Waals surface area contributed by atoms with Crippen LogP contribution in [-0.4, -0.2) is 44.6 Å². The maximum absolute atomic E-state index is 11.4. The molecule has 0 radical (unpaired) electrons. The zero-order valence-corrected chi connectivity index (χ0v) is 10.8. The summed E-state index contributed by atoms with van der Waals surface area (Å²) in [5.74, 6) is -0.499. The Bertz CT molecular complexity index is 434. The molecule has 1 aromatic heterocycles. The molecule has 0 aliphatic rings. The Morgan fingerprint density at radius 1 is 1.50 bits per heavy atom. The Labute approximate surface area is 106 Å². The molecule has 0 aliphatic carbocycles. The van der Waals surface area contributed by atoms with Crippen molar-refractivity contribution >= 4 is 17.6 Å². The van der Waals surface area contributed by atoms with Crippen molar-refractivity contribution in [2.75, 3.05) is 32.6 Å². The van der Waals surface area contributed by atoms with Crippen LogP contribution < -0.4 is 10.2 Å². The Morgan fingerprint density at radius 3 is 2.83 bits per heavy atom. The molecule has 1 N–H and O–H groups in total. The van der Waals surface area contributed by atoms with Gasteiger partial charge in [-0.3, -0.25) is 14.6 Å². The van der Waals surface area contributed by atoms with Gasteiger partial charge in [0.25, 0.3) is 5.91 Å². The van der Waals surface area contributed by atoms with Crippen LogP contribution in [0.3, 0.4) is 0 Å². The fraction of sp³-hybridized carbons (Fsp3) is 0.417. The molecular formula is C12H17N3O3. The molecule has 1 aromatic rings. The van der Waals surface area contributed by atoms with Crippen LogP contribution in [0, 0.1) is 0 Å². The van der Waals surface area contributed by atoms with Crippen LogP contribution in [0.1, 0.15) is 16.9 Å². The first-order valence-corrected chi connectivity index (χ1v) is 5.54. The van der Waals surface area contributed by atoms with Crippen molar-refractivity contribution in [1.82, 2.24) is 10.3 Å². The van der Waals surface area contributed by atoms with E-state index in [1.807, 2.05) is 11.9 Å². The third-order valence-electron chi connectivity index (χ3n) is 2.52. The third-order valence-corrected chi connectivity index (χ3v) is 2.52. The van der Waals surface area contributed by atoms with E-state index >= 15 is 0 Å². The average molecular weight is 251 g/mol. The van der Waals surface area contributed by atoms with Crippen molar-refractivity contribution in [3.05, 3.63) is 24.0 Å². The third kappa shape index (κ3) is 3.73. The Kier molecular flexibility index (Phi) is 5.10. The van der Waals surface area contributed by atoms with Gasteiger partial charge in [-0.05, 0) is 12.1 Å². The molecule has 0 spiro atoms. The monoisotopic (exact) mass is 251 g/mol. The second-order valence-corrected chi connectivity index (χ2v) is 3.73. The number of hydrogen-bond acceptors (Lipinski definition) is 5. The minimum atomic E-state index is -0.262. The molecular weight excluding hydrogens is 234 g/mol. The molecule has 0 aromatic carbocycles. The number of methoxy groups -OCH3 is 1. The Morgan fingerprint density at radius 2 is 2.22 bits per heavy atom. The lowest BCUT2D eigenvalue weighted by molar-refractivity contribution is -0.140. The minimum Gasteiger partial charge on any atom is -0.469 e. The van der Waals surface area contributed by atoms with E-state index in [2.05, 4.69) is 15.0 Å². The summed E-state index contributed by atoms with van der Waals surface area (Å²) in [6, 6.07) is 3.46. The predicted octanol–water partition coefficient (Wildman–Crippen LogP) is 0.440. The topological polar surface area (TPSA) is 71.5 Å². The van der Waals surface area contributed by atoms with E-state index < -0.39 is 0 Å². The summed E-state index contributed by atoms with van der Waals surface area (Å²) in [6.45, 7) is 0.518. The molecule has 0 fully saturated rings. The van der Waals surface area contributed by atoms with Gasteiger partial charge in [0.05, 0.1) is 13.5 Å². The number of amides is 1. The van der Waals surface area contributed by atoms with Gasteiger partial charge in [-0.15, -0.1) is 0 Å². The molecule has 1 heterocycles. The molecule has 18 heavy (non-hydrogen) atoms. The standard InChI is InChI=1S/C12H17N3O3/c1-13-12(17)10-8-9(4-6-14-10)15(2)7-5-11(16)18-3/h4,6,8H,5,7H2,1-3H3,(H,13,17). The highest BCUT2D eigenvalue weighted by molar-refractivity contribution is 5.92. The summed E-state index contributed by atoms with van der Waals surface area (Å²) in [5, 5.41) is 2.51. The lowest BCUT2D eigenvalue weighted by Crippen LogP contribution is -2.23. The maximum Gasteiger partial charge on any atom is 0.307 e. The van der Waals surface area contributed by atoms with Crippen LogP contribution in [-0.2, 0) is 9.53 Å². The van der Waals surface area contributed by atoms with Crippen molar-refractivity contribution in [3.63, 3.8) is 0 Å². The Balaban J connectivity index is 2.71. The number of carbonyl (C=O) groups is 2. The molecule has 0 atom stereocenters. The van der Waals surface area contributed by atoms with Gasteiger partial charge in [-0.1, -0.05) is 0 Å². The molecule has 98 valence electrons. The summed E-state index contributed by atoms with van der Waals surface area (Å²) in [5.41, 5.74) is 1.17. The second-order valence-electron chi connectivity index (χ2n) is 3.73. The largest absolute Gasteiger partial charge is 0.469 e. The fourth-order valence-electron chi connectivity index (χ4n) is 1.40. The van der Waals surface area contributed by atoms with Gasteiger partial charge in [0.1, 0.15) is 5.69 Å². The highest BCUT2D eigenvalue weighted by Gasteiger charge is 2.09. The van der Waals surface area contributed by atoms with Crippen LogP contribution in [0.4, 0.5) is 5.69 Å². The molecule has 1 amide bonds. The van der Waals surface area contributed by atoms with Gasteiger partial charge in [-0.25, -0.2) is 0 Å². The predicted molar refractivity (Wildman–Crippen MR) is 67.5 cm³/mol. The van der Waals surface area contributed by atoms with Gasteiger partial charge >= 0.3 is 5.97 Å². The quantitative estimate of drug-likeness (QED) is 0.769. The molecule has 0 saturated heterocycles. The second kappa shape index (κ2) is 6.58. The molecule has 0 unspecified atom stereocenters. The molecule has 6 heteroatoms. The lowest BCUT2D eigenvalue weighted by Gasteiger charge is -2.18. The van der Waals surface area contributed by atoms with E-state index in [0.29, 0.717) is 18.7 Å². The van der Waals surface area contributed by atoms with E-state index in [0.717, 1.165) is 5.69 Å². The highest BCUT2D eigenvalue weighted by atomic mass is 16.5. The van der Waals surface area contributed by atoms with E-state index in [-0.39, 0.29) is 11.9 Å². The summed E-state index contributed by atoms with van der Waals surface area (Å²) in [6.07, 6.45) is 1.86. The van der Waals surface area contributed by atoms with Gasteiger partial charge in [0, 0.05) is 32.5 Å². The van der Waals surface area contributed by atoms with Crippen molar-refractivity contribution in [3.8, 4) is 0 Å². The lowest BCUT2D eigenvalue weighted by atomic mass is 10.2. The molecule has 1 rings (SSSR count). The fourth-order valence-corrected chi connectivity index (χ4v) is 1.40. The first-order valence-electron chi connectivity index (χ1n) is 5.54. The number of hydrogen-bond donors (Lipinski definition) is 1. The Hall–Kier alpha value is -2.11. The number of esters is 1. The summed E-state index contributed by atoms with van der Waals surface area (Å²) in [4.78, 5) is 28.3. The van der Waals surface area contributed by atoms with Crippen molar-refractivity contribution in [1.29, 1.82) is 0 Å². The first kappa shape index (κ1) is 14.0. The van der Waals surface area contributed by atoms with Crippen LogP contribution in [0.15, 0.2) is 18.3 Å². The number of ether oxygens (including phenoxy) is 1. The normalized spacial score (nSPS) is 9.72. The molecule has 0 bridgehead atoms. The van der Waals surface area contributed by atoms with Gasteiger partial charge in [0.15, 0.2) is 0 Å². The first-order chi connectivity index (χ1) is 8.58. The number of rotatable bonds is 5. The summed E-state index contributed by atoms with van der Waals surface area (Å²) in [7, 11) is 4.75. The van der Waals surface area contributed by atoms with Crippen molar-refractivity contribution in [2.24, 2.45) is 0 Å². The summed E-state index contributed by atoms with van der Waals surface area (Å²) >= 11 is 0. The zero-order chi connectivity index (χ0) is 13.5. The zero-order valence-electron chi connectivity index (χ0n) is 10.8. The van der Waals surface area contributed by atoms with E-state index in [1.165, 1.54) is 7.11 Å². The summed E-state index contributed by atoms with van der Waals surface area (Å²) < 4.78 is 4.57. The number of aromatic nitrogens is 1. The smallest absolute Gasteiger partial charge is 0.307 e. The van der Waals surface area contributed by atoms with Crippen molar-refractivity contribution < 1.29 is 14.3 Å². The van der Waals surface area contributed by atoms with Crippen LogP contribution in [0.25, 0.3) is 0 Å². The number of nitrogens with one attached hydrogen (secondary N) is 1. The van der Waals surface area contributed by atoms with Gasteiger partial charge in [-0.2, -0.15) is 0 Å². The van der Waals surface area contributed by atoms with Crippen molar-refractivity contribution in [2.45, 2.75) is 6.42 Å². The number of pyridine rings is 1. The molecule has 0 saturated carbocycles. The van der Waals surface area contributed by atoms with Crippen LogP contribution >= 0.6 is 0 Å².